The molecule has 8 heteroatoms. The van der Waals surface area contributed by atoms with E-state index in [1.165, 1.54) is 6.42 Å². The molecule has 1 aromatic rings. The minimum atomic E-state index is 0. The van der Waals surface area contributed by atoms with E-state index < -0.39 is 0 Å². The van der Waals surface area contributed by atoms with Crippen LogP contribution in [0.15, 0.2) is 18.3 Å². The maximum absolute atomic E-state index is 13.0. The van der Waals surface area contributed by atoms with E-state index >= 15 is 0 Å². The topological polar surface area (TPSA) is 57.7 Å². The Labute approximate surface area is 168 Å². The van der Waals surface area contributed by atoms with Crippen LogP contribution in [0.25, 0.3) is 0 Å². The predicted octanol–water partition coefficient (Wildman–Crippen LogP) is 2.22. The summed E-state index contributed by atoms with van der Waals surface area (Å²) in [7, 11) is 1.99. The minimum Gasteiger partial charge on any atom is -0.378 e. The Morgan fingerprint density at radius 3 is 2.58 bits per heavy atom. The fraction of sp³-hybridized carbons (Fsp3) is 0.667. The van der Waals surface area contributed by atoms with Gasteiger partial charge in [0, 0.05) is 32.4 Å². The lowest BCUT2D eigenvalue weighted by Crippen LogP contribution is -2.41. The Morgan fingerprint density at radius 2 is 1.92 bits per heavy atom. The molecule has 2 saturated heterocycles. The van der Waals surface area contributed by atoms with Gasteiger partial charge in [0.2, 0.25) is 0 Å². The van der Waals surface area contributed by atoms with E-state index in [4.69, 9.17) is 4.74 Å². The van der Waals surface area contributed by atoms with E-state index in [0.717, 1.165) is 62.9 Å². The van der Waals surface area contributed by atoms with Crippen molar-refractivity contribution in [2.45, 2.75) is 19.3 Å². The maximum atomic E-state index is 13.0. The predicted molar refractivity (Wildman–Crippen MR) is 109 cm³/mol. The molecule has 0 bridgehead atoms. The molecule has 0 aromatic carbocycles. The third kappa shape index (κ3) is 5.71. The number of hydrogen-bond donors (Lipinski definition) is 1. The number of anilines is 1. The smallest absolute Gasteiger partial charge is 0.257 e. The summed E-state index contributed by atoms with van der Waals surface area (Å²) in [5.74, 6) is 1.66. The molecule has 2 aliphatic rings. The van der Waals surface area contributed by atoms with Crippen LogP contribution < -0.4 is 10.2 Å². The highest BCUT2D eigenvalue weighted by molar-refractivity contribution is 5.99. The molecule has 148 valence electrons. The number of likely N-dealkylation sites (tertiary alicyclic amines) is 1. The Morgan fingerprint density at radius 1 is 1.23 bits per heavy atom. The number of rotatable bonds is 5. The molecule has 3 rings (SSSR count). The number of nitrogens with one attached hydrogen (secondary N) is 1. The first kappa shape index (κ1) is 23.0. The third-order valence-electron chi connectivity index (χ3n) is 5.03. The van der Waals surface area contributed by atoms with Crippen LogP contribution in [0.4, 0.5) is 5.82 Å². The second-order valence-corrected chi connectivity index (χ2v) is 6.60. The normalized spacial score (nSPS) is 18.0. The molecule has 2 fully saturated rings. The van der Waals surface area contributed by atoms with Gasteiger partial charge in [0.15, 0.2) is 0 Å². The largest absolute Gasteiger partial charge is 0.378 e. The van der Waals surface area contributed by atoms with E-state index in [2.05, 4.69) is 15.2 Å². The van der Waals surface area contributed by atoms with Crippen molar-refractivity contribution in [3.8, 4) is 0 Å². The van der Waals surface area contributed by atoms with E-state index in [1.807, 2.05) is 24.1 Å². The molecule has 1 N–H and O–H groups in total. The molecular formula is C18H30Cl2N4O2. The number of aromatic nitrogens is 1. The molecule has 6 nitrogen and oxygen atoms in total. The summed E-state index contributed by atoms with van der Waals surface area (Å²) in [6, 6.07) is 3.77. The van der Waals surface area contributed by atoms with Crippen LogP contribution in [0.3, 0.4) is 0 Å². The van der Waals surface area contributed by atoms with E-state index in [9.17, 15) is 4.79 Å². The van der Waals surface area contributed by atoms with Crippen molar-refractivity contribution >= 4 is 36.5 Å². The van der Waals surface area contributed by atoms with Crippen molar-refractivity contribution in [2.75, 3.05) is 57.9 Å². The van der Waals surface area contributed by atoms with Crippen molar-refractivity contribution < 1.29 is 9.53 Å². The molecule has 0 unspecified atom stereocenters. The number of halogens is 2. The van der Waals surface area contributed by atoms with Crippen molar-refractivity contribution in [1.29, 1.82) is 0 Å². The highest BCUT2D eigenvalue weighted by Gasteiger charge is 2.27. The van der Waals surface area contributed by atoms with Gasteiger partial charge in [0.05, 0.1) is 18.8 Å². The van der Waals surface area contributed by atoms with Crippen molar-refractivity contribution in [2.24, 2.45) is 5.92 Å². The van der Waals surface area contributed by atoms with Crippen LogP contribution in [0.1, 0.15) is 29.6 Å². The summed E-state index contributed by atoms with van der Waals surface area (Å²) in [5, 5.41) is 3.21. The molecule has 0 aliphatic carbocycles. The first-order valence-electron chi connectivity index (χ1n) is 9.01. The van der Waals surface area contributed by atoms with Gasteiger partial charge in [-0.15, -0.1) is 24.8 Å². The molecular weight excluding hydrogens is 375 g/mol. The number of pyridine rings is 1. The Hall–Kier alpha value is -1.08. The first-order valence-corrected chi connectivity index (χ1v) is 9.01. The van der Waals surface area contributed by atoms with Crippen molar-refractivity contribution in [1.82, 2.24) is 15.2 Å². The third-order valence-corrected chi connectivity index (χ3v) is 5.03. The standard InChI is InChI=1S/C18H28N4O2.2ClH/c1-19-8-4-15-5-9-22(10-6-15)18(23)16-3-2-7-20-17(16)21-11-13-24-14-12-21;;/h2-3,7,15,19H,4-6,8-14H2,1H3;2*1H. The number of hydrogen-bond acceptors (Lipinski definition) is 5. The number of carbonyl (C=O) groups excluding carboxylic acids is 1. The van der Waals surface area contributed by atoms with Crippen LogP contribution >= 0.6 is 24.8 Å². The summed E-state index contributed by atoms with van der Waals surface area (Å²) in [5.41, 5.74) is 0.730. The van der Waals surface area contributed by atoms with Crippen LogP contribution in [0.2, 0.25) is 0 Å². The second kappa shape index (κ2) is 11.6. The lowest BCUT2D eigenvalue weighted by Gasteiger charge is -2.34. The minimum absolute atomic E-state index is 0. The van der Waals surface area contributed by atoms with Gasteiger partial charge in [-0.1, -0.05) is 0 Å². The van der Waals surface area contributed by atoms with Gasteiger partial charge >= 0.3 is 0 Å². The van der Waals surface area contributed by atoms with Crippen LogP contribution in [0.5, 0.6) is 0 Å². The van der Waals surface area contributed by atoms with Gasteiger partial charge < -0.3 is 19.9 Å². The summed E-state index contributed by atoms with van der Waals surface area (Å²) in [4.78, 5) is 21.6. The van der Waals surface area contributed by atoms with E-state index in [0.29, 0.717) is 13.2 Å². The number of nitrogens with zero attached hydrogens (tertiary/aromatic N) is 3. The molecule has 0 saturated carbocycles. The number of piperidine rings is 1. The highest BCUT2D eigenvalue weighted by Crippen LogP contribution is 2.25. The molecule has 0 atom stereocenters. The van der Waals surface area contributed by atoms with Gasteiger partial charge in [0.1, 0.15) is 5.82 Å². The fourth-order valence-corrected chi connectivity index (χ4v) is 3.53. The van der Waals surface area contributed by atoms with Gasteiger partial charge in [-0.2, -0.15) is 0 Å². The van der Waals surface area contributed by atoms with Crippen LogP contribution in [-0.4, -0.2) is 68.8 Å². The number of morpholine rings is 1. The summed E-state index contributed by atoms with van der Waals surface area (Å²) < 4.78 is 5.41. The molecule has 26 heavy (non-hydrogen) atoms. The van der Waals surface area contributed by atoms with Crippen molar-refractivity contribution in [3.05, 3.63) is 23.9 Å². The zero-order valence-corrected chi connectivity index (χ0v) is 17.0. The number of ether oxygens (including phenoxy) is 1. The molecule has 2 aliphatic heterocycles. The highest BCUT2D eigenvalue weighted by atomic mass is 35.5. The summed E-state index contributed by atoms with van der Waals surface area (Å²) in [6.07, 6.45) is 5.16. The van der Waals surface area contributed by atoms with Gasteiger partial charge in [-0.3, -0.25) is 4.79 Å². The van der Waals surface area contributed by atoms with E-state index in [-0.39, 0.29) is 30.7 Å². The molecule has 0 radical (unpaired) electrons. The first-order chi connectivity index (χ1) is 11.8. The van der Waals surface area contributed by atoms with Gasteiger partial charge in [0.25, 0.3) is 5.91 Å². The van der Waals surface area contributed by atoms with Gasteiger partial charge in [-0.25, -0.2) is 4.98 Å². The summed E-state index contributed by atoms with van der Waals surface area (Å²) in [6.45, 7) is 5.74. The quantitative estimate of drug-likeness (QED) is 0.814. The zero-order valence-electron chi connectivity index (χ0n) is 15.4. The van der Waals surface area contributed by atoms with E-state index in [1.54, 1.807) is 6.20 Å². The lowest BCUT2D eigenvalue weighted by atomic mass is 9.93. The SMILES string of the molecule is CNCCC1CCN(C(=O)c2cccnc2N2CCOCC2)CC1.Cl.Cl. The monoisotopic (exact) mass is 404 g/mol. The summed E-state index contributed by atoms with van der Waals surface area (Å²) >= 11 is 0. The Bertz CT molecular complexity index is 548. The average Bonchev–Trinajstić information content (AvgIpc) is 2.67. The lowest BCUT2D eigenvalue weighted by molar-refractivity contribution is 0.0686. The Kier molecular flexibility index (Phi) is 10.2. The fourth-order valence-electron chi connectivity index (χ4n) is 3.53. The number of amides is 1. The number of carbonyl (C=O) groups is 1. The maximum Gasteiger partial charge on any atom is 0.257 e. The molecule has 0 spiro atoms. The Balaban J connectivity index is 0.00000169. The molecule has 1 aromatic heterocycles. The van der Waals surface area contributed by atoms with Crippen LogP contribution in [-0.2, 0) is 4.74 Å². The second-order valence-electron chi connectivity index (χ2n) is 6.60. The van der Waals surface area contributed by atoms with Crippen LogP contribution in [0, 0.1) is 5.92 Å². The van der Waals surface area contributed by atoms with Gasteiger partial charge in [-0.05, 0) is 50.9 Å². The zero-order chi connectivity index (χ0) is 16.8. The van der Waals surface area contributed by atoms with Crippen molar-refractivity contribution in [3.63, 3.8) is 0 Å². The average molecular weight is 405 g/mol. The molecule has 3 heterocycles. The molecule has 1 amide bonds.